The molecule has 0 saturated heterocycles. The summed E-state index contributed by atoms with van der Waals surface area (Å²) in [5.41, 5.74) is 1.03. The molecule has 2 aromatic rings. The maximum atomic E-state index is 13.1. The summed E-state index contributed by atoms with van der Waals surface area (Å²) in [6, 6.07) is 10.6. The fraction of sp³-hybridized carbons (Fsp3) is 0.0714. The summed E-state index contributed by atoms with van der Waals surface area (Å²) in [4.78, 5) is 10.7. The van der Waals surface area contributed by atoms with E-state index in [0.717, 1.165) is 5.56 Å². The van der Waals surface area contributed by atoms with Crippen molar-refractivity contribution in [3.05, 3.63) is 63.9 Å². The van der Waals surface area contributed by atoms with E-state index < -0.39 is 5.97 Å². The van der Waals surface area contributed by atoms with Crippen LogP contribution in [0.4, 0.5) is 4.39 Å². The third-order valence-corrected chi connectivity index (χ3v) is 2.90. The zero-order chi connectivity index (χ0) is 13.8. The summed E-state index contributed by atoms with van der Waals surface area (Å²) in [6.45, 7) is 0.246. The number of halogens is 2. The highest BCUT2D eigenvalue weighted by Crippen LogP contribution is 2.21. The lowest BCUT2D eigenvalue weighted by molar-refractivity contribution is 0.0697. The zero-order valence-electron chi connectivity index (χ0n) is 9.77. The Kier molecular flexibility index (Phi) is 4.16. The van der Waals surface area contributed by atoms with Gasteiger partial charge in [0.1, 0.15) is 18.2 Å². The van der Waals surface area contributed by atoms with E-state index in [1.165, 1.54) is 24.3 Å². The quantitative estimate of drug-likeness (QED) is 0.928. The molecule has 0 atom stereocenters. The number of ether oxygens (including phenoxy) is 1. The molecule has 0 aliphatic carbocycles. The minimum atomic E-state index is -0.971. The van der Waals surface area contributed by atoms with Crippen molar-refractivity contribution in [1.82, 2.24) is 0 Å². The van der Waals surface area contributed by atoms with Crippen LogP contribution in [0.2, 0.25) is 0 Å². The molecule has 5 heteroatoms. The first-order valence-electron chi connectivity index (χ1n) is 5.46. The molecular formula is C14H10BrFO3. The third kappa shape index (κ3) is 3.79. The van der Waals surface area contributed by atoms with Crippen molar-refractivity contribution in [2.45, 2.75) is 6.61 Å². The Morgan fingerprint density at radius 3 is 2.47 bits per heavy atom. The lowest BCUT2D eigenvalue weighted by Crippen LogP contribution is -1.99. The summed E-state index contributed by atoms with van der Waals surface area (Å²) in [5, 5.41) is 8.77. The lowest BCUT2D eigenvalue weighted by Gasteiger charge is -2.07. The van der Waals surface area contributed by atoms with Crippen molar-refractivity contribution >= 4 is 21.9 Å². The van der Waals surface area contributed by atoms with Crippen LogP contribution in [0.15, 0.2) is 46.9 Å². The van der Waals surface area contributed by atoms with Gasteiger partial charge in [0.15, 0.2) is 0 Å². The van der Waals surface area contributed by atoms with Gasteiger partial charge in [0, 0.05) is 10.5 Å². The first-order valence-corrected chi connectivity index (χ1v) is 6.25. The molecule has 0 aliphatic heterocycles. The molecule has 0 radical (unpaired) electrons. The van der Waals surface area contributed by atoms with E-state index in [-0.39, 0.29) is 18.0 Å². The smallest absolute Gasteiger partial charge is 0.335 e. The van der Waals surface area contributed by atoms with E-state index in [1.54, 1.807) is 18.2 Å². The minimum Gasteiger partial charge on any atom is -0.489 e. The van der Waals surface area contributed by atoms with Crippen LogP contribution in [0.3, 0.4) is 0 Å². The Morgan fingerprint density at radius 2 is 1.89 bits per heavy atom. The molecule has 0 fully saturated rings. The summed E-state index contributed by atoms with van der Waals surface area (Å²) in [6.07, 6.45) is 0. The number of carboxylic acid groups (broad SMARTS) is 1. The summed E-state index contributed by atoms with van der Waals surface area (Å²) >= 11 is 3.18. The van der Waals surface area contributed by atoms with Crippen LogP contribution in [-0.4, -0.2) is 11.1 Å². The van der Waals surface area contributed by atoms with E-state index in [9.17, 15) is 9.18 Å². The molecule has 0 heterocycles. The van der Waals surface area contributed by atoms with Crippen LogP contribution >= 0.6 is 15.9 Å². The second-order valence-electron chi connectivity index (χ2n) is 3.90. The maximum absolute atomic E-state index is 13.1. The second kappa shape index (κ2) is 5.84. The van der Waals surface area contributed by atoms with Gasteiger partial charge >= 0.3 is 5.97 Å². The first kappa shape index (κ1) is 13.5. The van der Waals surface area contributed by atoms with Crippen LogP contribution in [0, 0.1) is 5.82 Å². The molecule has 0 unspecified atom stereocenters. The number of carbonyl (C=O) groups is 1. The highest BCUT2D eigenvalue weighted by molar-refractivity contribution is 9.10. The van der Waals surface area contributed by atoms with Gasteiger partial charge in [0.25, 0.3) is 0 Å². The van der Waals surface area contributed by atoms with Gasteiger partial charge in [0.2, 0.25) is 0 Å². The molecule has 0 bridgehead atoms. The van der Waals surface area contributed by atoms with Gasteiger partial charge in [-0.05, 0) is 29.8 Å². The van der Waals surface area contributed by atoms with Gasteiger partial charge in [-0.15, -0.1) is 0 Å². The topological polar surface area (TPSA) is 46.5 Å². The number of aromatic carboxylic acids is 1. The van der Waals surface area contributed by atoms with Crippen LogP contribution in [-0.2, 0) is 6.61 Å². The minimum absolute atomic E-state index is 0.220. The number of hydrogen-bond donors (Lipinski definition) is 1. The average molecular weight is 325 g/mol. The highest BCUT2D eigenvalue weighted by atomic mass is 79.9. The molecule has 0 aliphatic rings. The summed E-state index contributed by atoms with van der Waals surface area (Å²) in [7, 11) is 0. The van der Waals surface area contributed by atoms with Gasteiger partial charge < -0.3 is 9.84 Å². The molecule has 2 aromatic carbocycles. The summed E-state index contributed by atoms with van der Waals surface area (Å²) < 4.78 is 19.2. The van der Waals surface area contributed by atoms with Gasteiger partial charge in [0.05, 0.1) is 5.56 Å². The Bertz CT molecular complexity index is 576. The van der Waals surface area contributed by atoms with E-state index >= 15 is 0 Å². The van der Waals surface area contributed by atoms with Gasteiger partial charge in [-0.2, -0.15) is 0 Å². The van der Waals surface area contributed by atoms with Gasteiger partial charge in [-0.25, -0.2) is 9.18 Å². The molecule has 19 heavy (non-hydrogen) atoms. The van der Waals surface area contributed by atoms with Crippen molar-refractivity contribution in [1.29, 1.82) is 0 Å². The third-order valence-electron chi connectivity index (χ3n) is 2.44. The van der Waals surface area contributed by atoms with E-state index in [4.69, 9.17) is 9.84 Å². The Balaban J connectivity index is 2.03. The SMILES string of the molecule is O=C(O)c1ccc(COc2cc(F)cc(Br)c2)cc1. The molecule has 0 saturated carbocycles. The molecule has 98 valence electrons. The fourth-order valence-electron chi connectivity index (χ4n) is 1.52. The number of hydrogen-bond acceptors (Lipinski definition) is 2. The Morgan fingerprint density at radius 1 is 1.21 bits per heavy atom. The molecule has 1 N–H and O–H groups in total. The van der Waals surface area contributed by atoms with Crippen LogP contribution < -0.4 is 4.74 Å². The van der Waals surface area contributed by atoms with Gasteiger partial charge in [-0.1, -0.05) is 28.1 Å². The Labute approximate surface area is 117 Å². The number of rotatable bonds is 4. The second-order valence-corrected chi connectivity index (χ2v) is 4.81. The standard InChI is InChI=1S/C14H10BrFO3/c15-11-5-12(16)7-13(6-11)19-8-9-1-3-10(4-2-9)14(17)18/h1-7H,8H2,(H,17,18). The van der Waals surface area contributed by atoms with E-state index in [0.29, 0.717) is 10.2 Å². The first-order chi connectivity index (χ1) is 9.04. The predicted molar refractivity (Wildman–Crippen MR) is 71.8 cm³/mol. The fourth-order valence-corrected chi connectivity index (χ4v) is 1.97. The maximum Gasteiger partial charge on any atom is 0.335 e. The van der Waals surface area contributed by atoms with Crippen LogP contribution in [0.5, 0.6) is 5.75 Å². The van der Waals surface area contributed by atoms with Crippen LogP contribution in [0.1, 0.15) is 15.9 Å². The summed E-state index contributed by atoms with van der Waals surface area (Å²) in [5.74, 6) is -0.943. The molecule has 2 rings (SSSR count). The van der Waals surface area contributed by atoms with Crippen molar-refractivity contribution in [3.63, 3.8) is 0 Å². The van der Waals surface area contributed by atoms with Crippen molar-refractivity contribution in [2.24, 2.45) is 0 Å². The average Bonchev–Trinajstić information content (AvgIpc) is 2.36. The zero-order valence-corrected chi connectivity index (χ0v) is 11.4. The molecule has 0 spiro atoms. The largest absolute Gasteiger partial charge is 0.489 e. The highest BCUT2D eigenvalue weighted by Gasteiger charge is 2.03. The molecular weight excluding hydrogens is 315 g/mol. The number of benzene rings is 2. The van der Waals surface area contributed by atoms with E-state index in [1.807, 2.05) is 0 Å². The van der Waals surface area contributed by atoms with E-state index in [2.05, 4.69) is 15.9 Å². The normalized spacial score (nSPS) is 10.2. The van der Waals surface area contributed by atoms with Crippen molar-refractivity contribution in [3.8, 4) is 5.75 Å². The predicted octanol–water partition coefficient (Wildman–Crippen LogP) is 3.87. The number of carboxylic acids is 1. The van der Waals surface area contributed by atoms with Crippen LogP contribution in [0.25, 0.3) is 0 Å². The molecule has 0 amide bonds. The lowest BCUT2D eigenvalue weighted by atomic mass is 10.1. The van der Waals surface area contributed by atoms with Crippen molar-refractivity contribution in [2.75, 3.05) is 0 Å². The molecule has 3 nitrogen and oxygen atoms in total. The van der Waals surface area contributed by atoms with Gasteiger partial charge in [-0.3, -0.25) is 0 Å². The monoisotopic (exact) mass is 324 g/mol. The van der Waals surface area contributed by atoms with Crippen molar-refractivity contribution < 1.29 is 19.0 Å². The molecule has 0 aromatic heterocycles. The Hall–Kier alpha value is -1.88.